The average molecular weight is 305 g/mol. The van der Waals surface area contributed by atoms with Gasteiger partial charge in [0.05, 0.1) is 12.7 Å². The Bertz CT molecular complexity index is 387. The Morgan fingerprint density at radius 3 is 2.75 bits per heavy atom. The van der Waals surface area contributed by atoms with Gasteiger partial charge in [0.2, 0.25) is 0 Å². The Labute approximate surface area is 106 Å². The molecule has 0 amide bonds. The van der Waals surface area contributed by atoms with E-state index in [2.05, 4.69) is 15.9 Å². The second-order valence-corrected chi connectivity index (χ2v) is 5.15. The van der Waals surface area contributed by atoms with Gasteiger partial charge in [-0.1, -0.05) is 0 Å². The predicted molar refractivity (Wildman–Crippen MR) is 69.0 cm³/mol. The number of amidine groups is 1. The summed E-state index contributed by atoms with van der Waals surface area (Å²) in [6.45, 7) is -0.236. The van der Waals surface area contributed by atoms with Crippen LogP contribution in [0.2, 0.25) is 0 Å². The zero-order chi connectivity index (χ0) is 12.1. The zero-order valence-electron chi connectivity index (χ0n) is 8.48. The lowest BCUT2D eigenvalue weighted by molar-refractivity contribution is 0.113. The zero-order valence-corrected chi connectivity index (χ0v) is 10.9. The summed E-state index contributed by atoms with van der Waals surface area (Å²) in [5.74, 6) is 0.446. The highest BCUT2D eigenvalue weighted by molar-refractivity contribution is 9.10. The molecule has 0 aromatic heterocycles. The molecule has 5 N–H and O–H groups in total. The molecule has 0 aliphatic heterocycles. The van der Waals surface area contributed by atoms with E-state index in [1.165, 1.54) is 11.8 Å². The monoisotopic (exact) mass is 304 g/mol. The van der Waals surface area contributed by atoms with Gasteiger partial charge in [-0.2, -0.15) is 0 Å². The molecule has 1 aromatic carbocycles. The first-order chi connectivity index (χ1) is 7.54. The van der Waals surface area contributed by atoms with Crippen molar-refractivity contribution in [3.63, 3.8) is 0 Å². The number of halogens is 1. The van der Waals surface area contributed by atoms with Crippen molar-refractivity contribution in [1.29, 1.82) is 5.41 Å². The summed E-state index contributed by atoms with van der Waals surface area (Å²) in [6.07, 6.45) is -0.712. The van der Waals surface area contributed by atoms with Crippen molar-refractivity contribution in [2.75, 3.05) is 12.4 Å². The third-order valence-electron chi connectivity index (χ3n) is 1.88. The summed E-state index contributed by atoms with van der Waals surface area (Å²) in [7, 11) is 0. The molecule has 0 fully saturated rings. The van der Waals surface area contributed by atoms with E-state index in [1.54, 1.807) is 6.07 Å². The van der Waals surface area contributed by atoms with Crippen molar-refractivity contribution in [3.05, 3.63) is 28.2 Å². The van der Waals surface area contributed by atoms with Gasteiger partial charge in [0.1, 0.15) is 5.84 Å². The number of benzene rings is 1. The van der Waals surface area contributed by atoms with Crippen LogP contribution < -0.4 is 5.73 Å². The third kappa shape index (κ3) is 3.79. The number of nitrogens with two attached hydrogens (primary N) is 1. The minimum Gasteiger partial charge on any atom is -0.394 e. The number of nitrogen functional groups attached to an aromatic ring is 1. The van der Waals surface area contributed by atoms with E-state index in [0.717, 1.165) is 9.37 Å². The molecule has 0 saturated carbocycles. The van der Waals surface area contributed by atoms with Crippen LogP contribution in [0.5, 0.6) is 0 Å². The minimum atomic E-state index is -0.712. The van der Waals surface area contributed by atoms with Gasteiger partial charge in [-0.15, -0.1) is 11.8 Å². The van der Waals surface area contributed by atoms with Crippen LogP contribution in [0.15, 0.2) is 27.6 Å². The molecule has 1 aromatic rings. The molecule has 0 radical (unpaired) electrons. The quantitative estimate of drug-likeness (QED) is 0.373. The van der Waals surface area contributed by atoms with Crippen LogP contribution in [0.25, 0.3) is 0 Å². The van der Waals surface area contributed by atoms with Crippen LogP contribution in [-0.4, -0.2) is 34.5 Å². The van der Waals surface area contributed by atoms with Crippen LogP contribution in [0.3, 0.4) is 0 Å². The van der Waals surface area contributed by atoms with Crippen molar-refractivity contribution < 1.29 is 10.2 Å². The van der Waals surface area contributed by atoms with Crippen LogP contribution in [0, 0.1) is 5.41 Å². The smallest absolute Gasteiger partial charge is 0.123 e. The van der Waals surface area contributed by atoms with Crippen LogP contribution >= 0.6 is 27.7 Å². The molecule has 1 atom stereocenters. The highest BCUT2D eigenvalue weighted by Gasteiger charge is 2.06. The lowest BCUT2D eigenvalue weighted by Crippen LogP contribution is -2.14. The molecule has 1 unspecified atom stereocenters. The summed E-state index contributed by atoms with van der Waals surface area (Å²) in [6, 6.07) is 5.42. The van der Waals surface area contributed by atoms with Gasteiger partial charge in [0.15, 0.2) is 0 Å². The van der Waals surface area contributed by atoms with Crippen LogP contribution in [0.1, 0.15) is 5.56 Å². The van der Waals surface area contributed by atoms with E-state index in [4.69, 9.17) is 16.2 Å². The molecule has 1 rings (SSSR count). The molecule has 0 spiro atoms. The maximum Gasteiger partial charge on any atom is 0.123 e. The van der Waals surface area contributed by atoms with E-state index in [9.17, 15) is 5.11 Å². The van der Waals surface area contributed by atoms with E-state index in [1.807, 2.05) is 12.1 Å². The molecule has 0 aliphatic rings. The van der Waals surface area contributed by atoms with E-state index < -0.39 is 6.10 Å². The topological polar surface area (TPSA) is 90.3 Å². The Morgan fingerprint density at radius 2 is 2.25 bits per heavy atom. The normalized spacial score (nSPS) is 12.4. The van der Waals surface area contributed by atoms with Gasteiger partial charge in [-0.05, 0) is 34.1 Å². The number of aliphatic hydroxyl groups excluding tert-OH is 2. The first kappa shape index (κ1) is 13.5. The van der Waals surface area contributed by atoms with Gasteiger partial charge in [0.25, 0.3) is 0 Å². The van der Waals surface area contributed by atoms with Gasteiger partial charge in [-0.3, -0.25) is 5.41 Å². The maximum absolute atomic E-state index is 9.19. The van der Waals surface area contributed by atoms with Gasteiger partial charge < -0.3 is 15.9 Å². The Hall–Kier alpha value is -0.560. The van der Waals surface area contributed by atoms with Crippen molar-refractivity contribution in [1.82, 2.24) is 0 Å². The second kappa shape index (κ2) is 6.24. The first-order valence-corrected chi connectivity index (χ1v) is 6.38. The molecule has 0 saturated heterocycles. The van der Waals surface area contributed by atoms with E-state index >= 15 is 0 Å². The SMILES string of the molecule is N=C(N)c1ccc(SCC(O)CO)cc1Br. The average Bonchev–Trinajstić information content (AvgIpc) is 2.25. The standard InChI is InChI=1S/C10H13BrN2O2S/c11-9-3-7(16-5-6(15)4-14)1-2-8(9)10(12)13/h1-3,6,14-15H,4-5H2,(H3,12,13). The number of aliphatic hydroxyl groups is 2. The molecule has 88 valence electrons. The van der Waals surface area contributed by atoms with Crippen molar-refractivity contribution in [2.24, 2.45) is 5.73 Å². The summed E-state index contributed by atoms with van der Waals surface area (Å²) >= 11 is 4.76. The van der Waals surface area contributed by atoms with Crippen molar-refractivity contribution in [3.8, 4) is 0 Å². The highest BCUT2D eigenvalue weighted by atomic mass is 79.9. The van der Waals surface area contributed by atoms with Crippen molar-refractivity contribution in [2.45, 2.75) is 11.0 Å². The van der Waals surface area contributed by atoms with Gasteiger partial charge in [0, 0.05) is 20.7 Å². The lowest BCUT2D eigenvalue weighted by Gasteiger charge is -2.08. The summed E-state index contributed by atoms with van der Waals surface area (Å²) < 4.78 is 0.753. The van der Waals surface area contributed by atoms with Gasteiger partial charge >= 0.3 is 0 Å². The summed E-state index contributed by atoms with van der Waals surface area (Å²) in [4.78, 5) is 0.948. The minimum absolute atomic E-state index is 0.0128. The molecule has 16 heavy (non-hydrogen) atoms. The van der Waals surface area contributed by atoms with Crippen LogP contribution in [-0.2, 0) is 0 Å². The number of hydrogen-bond acceptors (Lipinski definition) is 4. The highest BCUT2D eigenvalue weighted by Crippen LogP contribution is 2.25. The molecule has 6 heteroatoms. The molecular weight excluding hydrogens is 292 g/mol. The Kier molecular flexibility index (Phi) is 5.27. The first-order valence-electron chi connectivity index (χ1n) is 4.60. The lowest BCUT2D eigenvalue weighted by atomic mass is 10.2. The fourth-order valence-corrected chi connectivity index (χ4v) is 2.65. The van der Waals surface area contributed by atoms with E-state index in [0.29, 0.717) is 11.3 Å². The molecule has 0 aliphatic carbocycles. The molecular formula is C10H13BrN2O2S. The number of hydrogen-bond donors (Lipinski definition) is 4. The van der Waals surface area contributed by atoms with Gasteiger partial charge in [-0.25, -0.2) is 0 Å². The predicted octanol–water partition coefficient (Wildman–Crippen LogP) is 1.18. The maximum atomic E-state index is 9.19. The number of nitrogens with one attached hydrogen (secondary N) is 1. The van der Waals surface area contributed by atoms with Crippen LogP contribution in [0.4, 0.5) is 0 Å². The Balaban J connectivity index is 2.70. The fraction of sp³-hybridized carbons (Fsp3) is 0.300. The molecule has 4 nitrogen and oxygen atoms in total. The number of thioether (sulfide) groups is 1. The Morgan fingerprint density at radius 1 is 1.56 bits per heavy atom. The third-order valence-corrected chi connectivity index (χ3v) is 3.68. The van der Waals surface area contributed by atoms with E-state index in [-0.39, 0.29) is 12.4 Å². The summed E-state index contributed by atoms with van der Waals surface area (Å²) in [5, 5.41) is 25.2. The molecule has 0 heterocycles. The fourth-order valence-electron chi connectivity index (χ4n) is 1.05. The van der Waals surface area contributed by atoms with Crippen molar-refractivity contribution >= 4 is 33.5 Å². The number of rotatable bonds is 5. The largest absolute Gasteiger partial charge is 0.394 e. The second-order valence-electron chi connectivity index (χ2n) is 3.20. The molecule has 0 bridgehead atoms. The summed E-state index contributed by atoms with van der Waals surface area (Å²) in [5.41, 5.74) is 6.03.